The lowest BCUT2D eigenvalue weighted by Gasteiger charge is -1.95. The lowest BCUT2D eigenvalue weighted by Crippen LogP contribution is -2.00. The van der Waals surface area contributed by atoms with Gasteiger partial charge in [-0.15, -0.1) is 0 Å². The van der Waals surface area contributed by atoms with E-state index in [1.165, 1.54) is 0 Å². The van der Waals surface area contributed by atoms with E-state index >= 15 is 0 Å². The quantitative estimate of drug-likeness (QED) is 0.698. The zero-order valence-corrected chi connectivity index (χ0v) is 7.69. The summed E-state index contributed by atoms with van der Waals surface area (Å²) in [5.74, 6) is 1.53. The molecule has 0 unspecified atom stereocenters. The van der Waals surface area contributed by atoms with Gasteiger partial charge in [0.1, 0.15) is 12.3 Å². The van der Waals surface area contributed by atoms with Gasteiger partial charge in [0.25, 0.3) is 0 Å². The third-order valence-electron chi connectivity index (χ3n) is 1.74. The molecule has 0 bridgehead atoms. The fourth-order valence-electron chi connectivity index (χ4n) is 1.16. The Morgan fingerprint density at radius 3 is 2.85 bits per heavy atom. The molecule has 0 radical (unpaired) electrons. The summed E-state index contributed by atoms with van der Waals surface area (Å²) in [6.07, 6.45) is 3.63. The number of oxazole rings is 1. The Bertz CT molecular complexity index is 364. The van der Waals surface area contributed by atoms with Gasteiger partial charge < -0.3 is 4.42 Å². The van der Waals surface area contributed by atoms with Crippen LogP contribution >= 0.6 is 0 Å². The summed E-state index contributed by atoms with van der Waals surface area (Å²) in [5, 5.41) is 4.23. The van der Waals surface area contributed by atoms with Gasteiger partial charge in [-0.2, -0.15) is 5.10 Å². The topological polar surface area (TPSA) is 43.9 Å². The van der Waals surface area contributed by atoms with Crippen LogP contribution in [0.5, 0.6) is 0 Å². The summed E-state index contributed by atoms with van der Waals surface area (Å²) in [4.78, 5) is 4.09. The SMILES string of the molecule is Cc1ccn(Cc2ncc(C)o2)n1. The van der Waals surface area contributed by atoms with Crippen molar-refractivity contribution in [2.45, 2.75) is 20.4 Å². The molecule has 2 rings (SSSR count). The van der Waals surface area contributed by atoms with Crippen LogP contribution in [0.2, 0.25) is 0 Å². The minimum absolute atomic E-state index is 0.599. The molecule has 13 heavy (non-hydrogen) atoms. The summed E-state index contributed by atoms with van der Waals surface area (Å²) in [7, 11) is 0. The molecule has 2 heterocycles. The standard InChI is InChI=1S/C9H11N3O/c1-7-3-4-12(11-7)6-9-10-5-8(2)13-9/h3-5H,6H2,1-2H3. The van der Waals surface area contributed by atoms with E-state index in [1.807, 2.05) is 26.1 Å². The second-order valence-electron chi connectivity index (χ2n) is 3.02. The molecule has 0 spiro atoms. The highest BCUT2D eigenvalue weighted by atomic mass is 16.4. The largest absolute Gasteiger partial charge is 0.444 e. The van der Waals surface area contributed by atoms with E-state index in [0.29, 0.717) is 12.4 Å². The Balaban J connectivity index is 2.14. The number of rotatable bonds is 2. The molecule has 4 nitrogen and oxygen atoms in total. The number of nitrogens with zero attached hydrogens (tertiary/aromatic N) is 3. The van der Waals surface area contributed by atoms with Gasteiger partial charge in [-0.25, -0.2) is 4.98 Å². The molecule has 0 aromatic carbocycles. The van der Waals surface area contributed by atoms with Crippen LogP contribution < -0.4 is 0 Å². The molecule has 0 saturated heterocycles. The van der Waals surface area contributed by atoms with E-state index in [2.05, 4.69) is 10.1 Å². The highest BCUT2D eigenvalue weighted by molar-refractivity contribution is 4.97. The highest BCUT2D eigenvalue weighted by Crippen LogP contribution is 2.03. The Hall–Kier alpha value is -1.58. The normalized spacial score (nSPS) is 10.6. The van der Waals surface area contributed by atoms with Crippen LogP contribution in [-0.2, 0) is 6.54 Å². The van der Waals surface area contributed by atoms with Crippen molar-refractivity contribution in [3.63, 3.8) is 0 Å². The third-order valence-corrected chi connectivity index (χ3v) is 1.74. The maximum atomic E-state index is 5.32. The smallest absolute Gasteiger partial charge is 0.216 e. The minimum atomic E-state index is 0.599. The van der Waals surface area contributed by atoms with Gasteiger partial charge in [0, 0.05) is 6.20 Å². The molecule has 0 amide bonds. The van der Waals surface area contributed by atoms with Crippen LogP contribution in [0.15, 0.2) is 22.9 Å². The van der Waals surface area contributed by atoms with Crippen molar-refractivity contribution < 1.29 is 4.42 Å². The molecule has 0 fully saturated rings. The van der Waals surface area contributed by atoms with Crippen LogP contribution in [-0.4, -0.2) is 14.8 Å². The van der Waals surface area contributed by atoms with E-state index in [4.69, 9.17) is 4.42 Å². The van der Waals surface area contributed by atoms with E-state index in [0.717, 1.165) is 11.5 Å². The van der Waals surface area contributed by atoms with Gasteiger partial charge >= 0.3 is 0 Å². The first kappa shape index (κ1) is 8.04. The minimum Gasteiger partial charge on any atom is -0.444 e. The Morgan fingerprint density at radius 1 is 1.46 bits per heavy atom. The molecular weight excluding hydrogens is 166 g/mol. The van der Waals surface area contributed by atoms with Crippen LogP contribution in [0.3, 0.4) is 0 Å². The molecule has 0 aliphatic heterocycles. The third kappa shape index (κ3) is 1.77. The Kier molecular flexibility index (Phi) is 1.88. The van der Waals surface area contributed by atoms with Gasteiger partial charge in [-0.05, 0) is 19.9 Å². The first-order chi connectivity index (χ1) is 6.24. The average Bonchev–Trinajstić information content (AvgIpc) is 2.62. The van der Waals surface area contributed by atoms with Gasteiger partial charge in [0.05, 0.1) is 11.9 Å². The summed E-state index contributed by atoms with van der Waals surface area (Å²) < 4.78 is 7.13. The van der Waals surface area contributed by atoms with Crippen molar-refractivity contribution in [2.75, 3.05) is 0 Å². The van der Waals surface area contributed by atoms with Crippen molar-refractivity contribution >= 4 is 0 Å². The predicted octanol–water partition coefficient (Wildman–Crippen LogP) is 1.54. The summed E-state index contributed by atoms with van der Waals surface area (Å²) in [6.45, 7) is 4.43. The summed E-state index contributed by atoms with van der Waals surface area (Å²) in [6, 6.07) is 1.95. The van der Waals surface area contributed by atoms with Crippen molar-refractivity contribution in [3.8, 4) is 0 Å². The lowest BCUT2D eigenvalue weighted by molar-refractivity contribution is 0.446. The first-order valence-electron chi connectivity index (χ1n) is 4.15. The highest BCUT2D eigenvalue weighted by Gasteiger charge is 2.01. The lowest BCUT2D eigenvalue weighted by atomic mass is 10.5. The van der Waals surface area contributed by atoms with Crippen LogP contribution in [0.25, 0.3) is 0 Å². The van der Waals surface area contributed by atoms with E-state index in [1.54, 1.807) is 10.9 Å². The Labute approximate surface area is 76.2 Å². The molecule has 0 aliphatic rings. The van der Waals surface area contributed by atoms with E-state index in [9.17, 15) is 0 Å². The van der Waals surface area contributed by atoms with Gasteiger partial charge in [-0.3, -0.25) is 4.68 Å². The number of hydrogen-bond acceptors (Lipinski definition) is 3. The second kappa shape index (κ2) is 3.05. The van der Waals surface area contributed by atoms with Crippen LogP contribution in [0, 0.1) is 13.8 Å². The van der Waals surface area contributed by atoms with Crippen LogP contribution in [0.1, 0.15) is 17.3 Å². The van der Waals surface area contributed by atoms with Crippen molar-refractivity contribution in [3.05, 3.63) is 35.8 Å². The molecule has 68 valence electrons. The molecular formula is C9H11N3O. The van der Waals surface area contributed by atoms with E-state index < -0.39 is 0 Å². The summed E-state index contributed by atoms with van der Waals surface area (Å²) >= 11 is 0. The number of hydrogen-bond donors (Lipinski definition) is 0. The Morgan fingerprint density at radius 2 is 2.31 bits per heavy atom. The molecule has 2 aromatic heterocycles. The molecule has 0 saturated carbocycles. The molecule has 0 aliphatic carbocycles. The second-order valence-corrected chi connectivity index (χ2v) is 3.02. The van der Waals surface area contributed by atoms with Crippen LogP contribution in [0.4, 0.5) is 0 Å². The fourth-order valence-corrected chi connectivity index (χ4v) is 1.16. The molecule has 2 aromatic rings. The van der Waals surface area contributed by atoms with Gasteiger partial charge in [0.2, 0.25) is 5.89 Å². The van der Waals surface area contributed by atoms with E-state index in [-0.39, 0.29) is 0 Å². The van der Waals surface area contributed by atoms with Gasteiger partial charge in [-0.1, -0.05) is 0 Å². The summed E-state index contributed by atoms with van der Waals surface area (Å²) in [5.41, 5.74) is 1.00. The molecule has 4 heteroatoms. The monoisotopic (exact) mass is 177 g/mol. The zero-order valence-electron chi connectivity index (χ0n) is 7.69. The maximum Gasteiger partial charge on any atom is 0.216 e. The molecule has 0 N–H and O–H groups in total. The first-order valence-corrected chi connectivity index (χ1v) is 4.15. The van der Waals surface area contributed by atoms with Crippen molar-refractivity contribution in [1.82, 2.24) is 14.8 Å². The predicted molar refractivity (Wildman–Crippen MR) is 47.3 cm³/mol. The van der Waals surface area contributed by atoms with Gasteiger partial charge in [0.15, 0.2) is 0 Å². The van der Waals surface area contributed by atoms with Crippen molar-refractivity contribution in [1.29, 1.82) is 0 Å². The number of aromatic nitrogens is 3. The average molecular weight is 177 g/mol. The number of aryl methyl sites for hydroxylation is 2. The zero-order chi connectivity index (χ0) is 9.26. The fraction of sp³-hybridized carbons (Fsp3) is 0.333. The maximum absolute atomic E-state index is 5.32. The molecule has 0 atom stereocenters. The van der Waals surface area contributed by atoms with Crippen molar-refractivity contribution in [2.24, 2.45) is 0 Å².